The Hall–Kier alpha value is -1.90. The zero-order chi connectivity index (χ0) is 18.1. The van der Waals surface area contributed by atoms with Gasteiger partial charge in [-0.3, -0.25) is 0 Å². The molecule has 0 heterocycles. The zero-order valence-corrected chi connectivity index (χ0v) is 14.3. The lowest BCUT2D eigenvalue weighted by Crippen LogP contribution is -2.44. The average Bonchev–Trinajstić information content (AvgIpc) is 2.75. The minimum atomic E-state index is -1.05. The Balaban J connectivity index is 2.31. The van der Waals surface area contributed by atoms with Crippen molar-refractivity contribution in [2.24, 2.45) is 28.4 Å². The van der Waals surface area contributed by atoms with Gasteiger partial charge in [0.05, 0.1) is 0 Å². The number of hydrogen-bond donors (Lipinski definition) is 1. The lowest BCUT2D eigenvalue weighted by Gasteiger charge is -2.42. The number of rotatable bonds is 7. The quantitative estimate of drug-likeness (QED) is 0.425. The summed E-state index contributed by atoms with van der Waals surface area (Å²) in [6, 6.07) is 0. The van der Waals surface area contributed by atoms with Crippen molar-refractivity contribution in [1.29, 1.82) is 0 Å². The summed E-state index contributed by atoms with van der Waals surface area (Å²) in [5.41, 5.74) is 6.60. The van der Waals surface area contributed by atoms with Crippen LogP contribution in [0.1, 0.15) is 40.0 Å². The molecule has 2 aliphatic carbocycles. The van der Waals surface area contributed by atoms with Gasteiger partial charge < -0.3 is 15.4 Å². The lowest BCUT2D eigenvalue weighted by atomic mass is 9.66. The fraction of sp³-hybridized carbons (Fsp3) is 0.867. The monoisotopic (exact) mass is 343 g/mol. The Morgan fingerprint density at radius 2 is 1.96 bits per heavy atom. The SMILES string of the molecule is CC1(C)CC2=CC(C)(C(CO[N+](=O)[O-])O[N+](=O)[O-])CC(CN)C2C1. The summed E-state index contributed by atoms with van der Waals surface area (Å²) in [6.45, 7) is 6.19. The molecule has 0 aromatic rings. The molecule has 24 heavy (non-hydrogen) atoms. The van der Waals surface area contributed by atoms with E-state index in [1.165, 1.54) is 5.57 Å². The van der Waals surface area contributed by atoms with Crippen molar-refractivity contribution in [3.63, 3.8) is 0 Å². The molecule has 0 aliphatic heterocycles. The fourth-order valence-corrected chi connectivity index (χ4v) is 4.35. The first-order chi connectivity index (χ1) is 11.1. The van der Waals surface area contributed by atoms with Crippen LogP contribution >= 0.6 is 0 Å². The van der Waals surface area contributed by atoms with Gasteiger partial charge in [-0.1, -0.05) is 32.4 Å². The standard InChI is InChI=1S/C15H25N3O6/c1-14(2)4-10-5-15(3,6-11(8-16)12(10)7-14)13(24-18(21)22)9-23-17(19)20/h5,11-13H,4,6-9,16H2,1-3H3. The van der Waals surface area contributed by atoms with Gasteiger partial charge in [0.1, 0.15) is 12.7 Å². The fourth-order valence-electron chi connectivity index (χ4n) is 4.35. The van der Waals surface area contributed by atoms with Gasteiger partial charge in [0, 0.05) is 5.41 Å². The summed E-state index contributed by atoms with van der Waals surface area (Å²) in [6.07, 6.45) is 3.46. The lowest BCUT2D eigenvalue weighted by molar-refractivity contribution is -0.793. The molecule has 4 atom stereocenters. The molecule has 4 unspecified atom stereocenters. The summed E-state index contributed by atoms with van der Waals surface area (Å²) in [7, 11) is 0. The van der Waals surface area contributed by atoms with Gasteiger partial charge in [0.15, 0.2) is 0 Å². The Morgan fingerprint density at radius 3 is 2.50 bits per heavy atom. The molecule has 0 saturated heterocycles. The summed E-state index contributed by atoms with van der Waals surface area (Å²) < 4.78 is 0. The van der Waals surface area contributed by atoms with Gasteiger partial charge in [0.2, 0.25) is 0 Å². The normalized spacial score (nSPS) is 32.4. The van der Waals surface area contributed by atoms with Crippen molar-refractivity contribution in [2.75, 3.05) is 13.2 Å². The Kier molecular flexibility index (Phi) is 5.03. The van der Waals surface area contributed by atoms with Crippen LogP contribution in [0.3, 0.4) is 0 Å². The highest BCUT2D eigenvalue weighted by Crippen LogP contribution is 2.55. The Bertz CT molecular complexity index is 549. The van der Waals surface area contributed by atoms with Crippen molar-refractivity contribution < 1.29 is 19.8 Å². The first-order valence-electron chi connectivity index (χ1n) is 8.06. The van der Waals surface area contributed by atoms with Crippen LogP contribution in [0.2, 0.25) is 0 Å². The summed E-state index contributed by atoms with van der Waals surface area (Å²) in [4.78, 5) is 30.4. The van der Waals surface area contributed by atoms with Crippen LogP contribution in [-0.4, -0.2) is 29.4 Å². The molecule has 1 fully saturated rings. The third-order valence-electron chi connectivity index (χ3n) is 5.30. The van der Waals surface area contributed by atoms with Crippen LogP contribution in [0, 0.1) is 42.9 Å². The van der Waals surface area contributed by atoms with Crippen molar-refractivity contribution in [1.82, 2.24) is 0 Å². The number of nitrogens with two attached hydrogens (primary N) is 1. The van der Waals surface area contributed by atoms with E-state index in [1.54, 1.807) is 0 Å². The largest absolute Gasteiger partial charge is 0.330 e. The molecule has 9 nitrogen and oxygen atoms in total. The van der Waals surface area contributed by atoms with Gasteiger partial charge in [0.25, 0.3) is 10.2 Å². The molecule has 0 spiro atoms. The molecule has 0 amide bonds. The number of fused-ring (bicyclic) bond motifs is 1. The summed E-state index contributed by atoms with van der Waals surface area (Å²) in [5.74, 6) is 0.538. The van der Waals surface area contributed by atoms with Crippen molar-refractivity contribution in [2.45, 2.75) is 46.1 Å². The third-order valence-corrected chi connectivity index (χ3v) is 5.30. The Labute approximate surface area is 140 Å². The van der Waals surface area contributed by atoms with Crippen LogP contribution in [0.4, 0.5) is 0 Å². The molecule has 2 aliphatic rings. The minimum absolute atomic E-state index is 0.159. The van der Waals surface area contributed by atoms with E-state index in [0.717, 1.165) is 12.8 Å². The van der Waals surface area contributed by atoms with E-state index in [9.17, 15) is 20.2 Å². The molecule has 136 valence electrons. The molecule has 0 aromatic carbocycles. The third kappa shape index (κ3) is 3.95. The van der Waals surface area contributed by atoms with E-state index >= 15 is 0 Å². The van der Waals surface area contributed by atoms with E-state index < -0.39 is 28.3 Å². The van der Waals surface area contributed by atoms with Crippen LogP contribution in [0.15, 0.2) is 11.6 Å². The highest BCUT2D eigenvalue weighted by molar-refractivity contribution is 5.25. The van der Waals surface area contributed by atoms with Crippen LogP contribution in [0.25, 0.3) is 0 Å². The first kappa shape index (κ1) is 18.4. The number of hydrogen-bond acceptors (Lipinski definition) is 7. The molecule has 9 heteroatoms. The average molecular weight is 343 g/mol. The number of allylic oxidation sites excluding steroid dienone is 1. The molecule has 2 rings (SSSR count). The van der Waals surface area contributed by atoms with Gasteiger partial charge in [-0.05, 0) is 43.1 Å². The second kappa shape index (κ2) is 6.54. The molecule has 0 bridgehead atoms. The van der Waals surface area contributed by atoms with Crippen LogP contribution < -0.4 is 5.73 Å². The molecule has 2 N–H and O–H groups in total. The van der Waals surface area contributed by atoms with Crippen molar-refractivity contribution >= 4 is 0 Å². The van der Waals surface area contributed by atoms with Gasteiger partial charge in [-0.15, -0.1) is 20.2 Å². The Morgan fingerprint density at radius 1 is 1.29 bits per heavy atom. The minimum Gasteiger partial charge on any atom is -0.330 e. The summed E-state index contributed by atoms with van der Waals surface area (Å²) in [5, 5.41) is 19.4. The van der Waals surface area contributed by atoms with Crippen molar-refractivity contribution in [3.8, 4) is 0 Å². The first-order valence-corrected chi connectivity index (χ1v) is 8.06. The topological polar surface area (TPSA) is 131 Å². The van der Waals surface area contributed by atoms with E-state index in [4.69, 9.17) is 10.6 Å². The second-order valence-electron chi connectivity index (χ2n) is 7.91. The van der Waals surface area contributed by atoms with Gasteiger partial charge >= 0.3 is 0 Å². The highest BCUT2D eigenvalue weighted by atomic mass is 17.0. The molecular weight excluding hydrogens is 318 g/mol. The predicted octanol–water partition coefficient (Wildman–Crippen LogP) is 2.12. The van der Waals surface area contributed by atoms with Crippen molar-refractivity contribution in [3.05, 3.63) is 31.9 Å². The maximum Gasteiger partial charge on any atom is 0.294 e. The number of nitrogens with zero attached hydrogens (tertiary/aromatic N) is 2. The summed E-state index contributed by atoms with van der Waals surface area (Å²) >= 11 is 0. The van der Waals surface area contributed by atoms with E-state index in [2.05, 4.69) is 18.7 Å². The predicted molar refractivity (Wildman–Crippen MR) is 84.7 cm³/mol. The van der Waals surface area contributed by atoms with E-state index in [-0.39, 0.29) is 11.3 Å². The van der Waals surface area contributed by atoms with Gasteiger partial charge in [-0.25, -0.2) is 0 Å². The van der Waals surface area contributed by atoms with E-state index in [0.29, 0.717) is 18.9 Å². The van der Waals surface area contributed by atoms with E-state index in [1.807, 2.05) is 13.0 Å². The van der Waals surface area contributed by atoms with Crippen LogP contribution in [-0.2, 0) is 9.68 Å². The molecule has 0 radical (unpaired) electrons. The smallest absolute Gasteiger partial charge is 0.294 e. The second-order valence-corrected chi connectivity index (χ2v) is 7.91. The van der Waals surface area contributed by atoms with Crippen LogP contribution in [0.5, 0.6) is 0 Å². The molecule has 1 saturated carbocycles. The molecular formula is C15H25N3O6. The maximum atomic E-state index is 10.8. The zero-order valence-electron chi connectivity index (χ0n) is 14.3. The maximum absolute atomic E-state index is 10.8. The molecule has 0 aromatic heterocycles. The highest BCUT2D eigenvalue weighted by Gasteiger charge is 2.48. The van der Waals surface area contributed by atoms with Gasteiger partial charge in [-0.2, -0.15) is 0 Å².